The molecule has 9 nitrogen and oxygen atoms in total. The van der Waals surface area contributed by atoms with Crippen LogP contribution in [0.4, 0.5) is 11.4 Å². The van der Waals surface area contributed by atoms with Gasteiger partial charge in [0.1, 0.15) is 16.7 Å². The number of methoxy groups -OCH3 is 2. The zero-order valence-electron chi connectivity index (χ0n) is 14.4. The van der Waals surface area contributed by atoms with E-state index in [4.69, 9.17) is 9.47 Å². The molecule has 0 saturated heterocycles. The molecule has 0 fully saturated rings. The van der Waals surface area contributed by atoms with Crippen LogP contribution in [0, 0.1) is 10.1 Å². The van der Waals surface area contributed by atoms with E-state index in [1.165, 1.54) is 14.2 Å². The number of nitro groups is 1. The Labute approximate surface area is 139 Å². The molecule has 0 unspecified atom stereocenters. The highest BCUT2D eigenvalue weighted by Crippen LogP contribution is 2.41. The van der Waals surface area contributed by atoms with E-state index >= 15 is 0 Å². The third-order valence-corrected chi connectivity index (χ3v) is 2.91. The van der Waals surface area contributed by atoms with Crippen molar-refractivity contribution in [3.05, 3.63) is 27.3 Å². The average molecular weight is 340 g/mol. The maximum absolute atomic E-state index is 12.4. The minimum atomic E-state index is -0.932. The van der Waals surface area contributed by atoms with Crippen molar-refractivity contribution in [2.45, 2.75) is 26.4 Å². The van der Waals surface area contributed by atoms with Gasteiger partial charge in [-0.1, -0.05) is 0 Å². The second kappa shape index (κ2) is 7.16. The average Bonchev–Trinajstić information content (AvgIpc) is 2.49. The molecule has 0 heterocycles. The topological polar surface area (TPSA) is 117 Å². The summed E-state index contributed by atoms with van der Waals surface area (Å²) in [5, 5.41) is 14.1. The number of ether oxygens (including phenoxy) is 3. The summed E-state index contributed by atoms with van der Waals surface area (Å²) in [5.41, 5.74) is -2.03. The first-order valence-corrected chi connectivity index (χ1v) is 6.96. The minimum Gasteiger partial charge on any atom is -0.493 e. The predicted molar refractivity (Wildman–Crippen MR) is 85.7 cm³/mol. The molecule has 0 radical (unpaired) electrons. The molecule has 0 saturated carbocycles. The Hall–Kier alpha value is -2.84. The molecule has 132 valence electrons. The van der Waals surface area contributed by atoms with Gasteiger partial charge in [-0.2, -0.15) is 0 Å². The zero-order valence-corrected chi connectivity index (χ0v) is 14.4. The summed E-state index contributed by atoms with van der Waals surface area (Å²) in [4.78, 5) is 35.1. The number of esters is 2. The fourth-order valence-electron chi connectivity index (χ4n) is 2.04. The first-order valence-electron chi connectivity index (χ1n) is 6.96. The van der Waals surface area contributed by atoms with Crippen molar-refractivity contribution in [2.75, 3.05) is 26.6 Å². The Morgan fingerprint density at radius 3 is 2.12 bits per heavy atom. The Kier molecular flexibility index (Phi) is 5.73. The molecule has 0 aliphatic carbocycles. The summed E-state index contributed by atoms with van der Waals surface area (Å²) in [5.74, 6) is -1.83. The van der Waals surface area contributed by atoms with Gasteiger partial charge >= 0.3 is 17.6 Å². The monoisotopic (exact) mass is 340 g/mol. The van der Waals surface area contributed by atoms with Crippen molar-refractivity contribution in [1.29, 1.82) is 0 Å². The van der Waals surface area contributed by atoms with Gasteiger partial charge < -0.3 is 19.5 Å². The Bertz CT molecular complexity index is 677. The van der Waals surface area contributed by atoms with Crippen LogP contribution in [0.1, 0.15) is 41.5 Å². The van der Waals surface area contributed by atoms with Gasteiger partial charge in [-0.25, -0.2) is 9.59 Å². The number of carbonyl (C=O) groups is 2. The number of nitro benzene ring substituents is 1. The van der Waals surface area contributed by atoms with Crippen molar-refractivity contribution in [3.63, 3.8) is 0 Å². The van der Waals surface area contributed by atoms with Crippen molar-refractivity contribution in [1.82, 2.24) is 0 Å². The van der Waals surface area contributed by atoms with Crippen LogP contribution < -0.4 is 10.1 Å². The molecule has 1 rings (SSSR count). The Morgan fingerprint density at radius 2 is 1.75 bits per heavy atom. The van der Waals surface area contributed by atoms with Gasteiger partial charge in [0.05, 0.1) is 19.1 Å². The van der Waals surface area contributed by atoms with Crippen molar-refractivity contribution < 1.29 is 28.7 Å². The van der Waals surface area contributed by atoms with E-state index in [9.17, 15) is 19.7 Å². The molecule has 1 aromatic carbocycles. The van der Waals surface area contributed by atoms with Crippen LogP contribution in [-0.2, 0) is 9.47 Å². The van der Waals surface area contributed by atoms with Crippen molar-refractivity contribution >= 4 is 23.3 Å². The van der Waals surface area contributed by atoms with E-state index in [1.54, 1.807) is 20.8 Å². The number of hydrogen-bond donors (Lipinski definition) is 1. The molecular formula is C15H20N2O7. The van der Waals surface area contributed by atoms with Gasteiger partial charge in [-0.05, 0) is 26.8 Å². The van der Waals surface area contributed by atoms with Gasteiger partial charge in [0.15, 0.2) is 11.4 Å². The molecule has 0 aliphatic heterocycles. The number of benzene rings is 1. The smallest absolute Gasteiger partial charge is 0.345 e. The third kappa shape index (κ3) is 3.92. The Balaban J connectivity index is 3.76. The first-order chi connectivity index (χ1) is 11.1. The van der Waals surface area contributed by atoms with Crippen LogP contribution in [0.2, 0.25) is 0 Å². The van der Waals surface area contributed by atoms with E-state index < -0.39 is 28.2 Å². The highest BCUT2D eigenvalue weighted by molar-refractivity contribution is 6.04. The van der Waals surface area contributed by atoms with Crippen LogP contribution in [0.3, 0.4) is 0 Å². The summed E-state index contributed by atoms with van der Waals surface area (Å²) in [6.45, 7) is 4.88. The van der Waals surface area contributed by atoms with E-state index in [2.05, 4.69) is 10.1 Å². The number of nitrogens with zero attached hydrogens (tertiary/aromatic N) is 1. The maximum Gasteiger partial charge on any atom is 0.345 e. The summed E-state index contributed by atoms with van der Waals surface area (Å²) >= 11 is 0. The molecule has 1 aromatic rings. The van der Waals surface area contributed by atoms with Gasteiger partial charge in [-0.3, -0.25) is 10.1 Å². The third-order valence-electron chi connectivity index (χ3n) is 2.91. The molecule has 0 spiro atoms. The van der Waals surface area contributed by atoms with Crippen LogP contribution >= 0.6 is 0 Å². The summed E-state index contributed by atoms with van der Waals surface area (Å²) in [7, 11) is 3.81. The van der Waals surface area contributed by atoms with Gasteiger partial charge in [0, 0.05) is 7.05 Å². The van der Waals surface area contributed by atoms with Gasteiger partial charge in [0.25, 0.3) is 0 Å². The molecule has 0 aromatic heterocycles. The van der Waals surface area contributed by atoms with Crippen LogP contribution in [-0.4, -0.2) is 43.7 Å². The molecule has 0 bridgehead atoms. The van der Waals surface area contributed by atoms with Crippen LogP contribution in [0.15, 0.2) is 6.07 Å². The highest BCUT2D eigenvalue weighted by Gasteiger charge is 2.34. The highest BCUT2D eigenvalue weighted by atomic mass is 16.6. The normalized spacial score (nSPS) is 10.8. The summed E-state index contributed by atoms with van der Waals surface area (Å²) in [6, 6.07) is 1.04. The van der Waals surface area contributed by atoms with Crippen molar-refractivity contribution in [2.24, 2.45) is 0 Å². The van der Waals surface area contributed by atoms with E-state index in [-0.39, 0.29) is 22.6 Å². The molecule has 1 N–H and O–H groups in total. The molecule has 24 heavy (non-hydrogen) atoms. The first kappa shape index (κ1) is 19.2. The molecule has 0 atom stereocenters. The van der Waals surface area contributed by atoms with E-state index in [0.717, 1.165) is 13.2 Å². The van der Waals surface area contributed by atoms with Gasteiger partial charge in [0.2, 0.25) is 0 Å². The van der Waals surface area contributed by atoms with Crippen LogP contribution in [0.5, 0.6) is 5.75 Å². The lowest BCUT2D eigenvalue weighted by atomic mass is 10.0. The zero-order chi connectivity index (χ0) is 18.7. The minimum absolute atomic E-state index is 0.0941. The fraction of sp³-hybridized carbons (Fsp3) is 0.467. The lowest BCUT2D eigenvalue weighted by Crippen LogP contribution is -2.25. The molecular weight excluding hydrogens is 320 g/mol. The standard InChI is InChI=1S/C15H20N2O7/c1-15(2,3)24-14(19)8-7-9(13(18)23-6)12(22-5)10(16-4)11(8)17(20)21/h7,16H,1-6H3. The Morgan fingerprint density at radius 1 is 1.17 bits per heavy atom. The largest absolute Gasteiger partial charge is 0.493 e. The maximum atomic E-state index is 12.4. The summed E-state index contributed by atoms with van der Waals surface area (Å²) < 4.78 is 14.9. The quantitative estimate of drug-likeness (QED) is 0.493. The molecule has 9 heteroatoms. The lowest BCUT2D eigenvalue weighted by Gasteiger charge is -2.20. The number of rotatable bonds is 5. The second-order valence-corrected chi connectivity index (χ2v) is 5.73. The SMILES string of the molecule is CNc1c(OC)c(C(=O)OC)cc(C(=O)OC(C)(C)C)c1[N+](=O)[O-]. The number of hydrogen-bond acceptors (Lipinski definition) is 8. The van der Waals surface area contributed by atoms with E-state index in [0.29, 0.717) is 0 Å². The summed E-state index contributed by atoms with van der Waals surface area (Å²) in [6.07, 6.45) is 0. The van der Waals surface area contributed by atoms with Crippen LogP contribution in [0.25, 0.3) is 0 Å². The van der Waals surface area contributed by atoms with Gasteiger partial charge in [-0.15, -0.1) is 0 Å². The second-order valence-electron chi connectivity index (χ2n) is 5.73. The molecule has 0 amide bonds. The fourth-order valence-corrected chi connectivity index (χ4v) is 2.04. The van der Waals surface area contributed by atoms with E-state index in [1.807, 2.05) is 0 Å². The number of carbonyl (C=O) groups excluding carboxylic acids is 2. The molecule has 0 aliphatic rings. The van der Waals surface area contributed by atoms with Crippen molar-refractivity contribution in [3.8, 4) is 5.75 Å². The predicted octanol–water partition coefficient (Wildman–Crippen LogP) is 2.39. The number of anilines is 1. The number of nitrogens with one attached hydrogen (secondary N) is 1. The lowest BCUT2D eigenvalue weighted by molar-refractivity contribution is -0.384.